The van der Waals surface area contributed by atoms with Crippen LogP contribution in [0.5, 0.6) is 0 Å². The van der Waals surface area contributed by atoms with Gasteiger partial charge in [0.2, 0.25) is 0 Å². The standard InChI is InChI=1S/C32H35NO3Si/c1-37(2,3)25-10-8-9-21(19-25)31(34)22-17-23-15-16-24(18-22)33(23)32(35)36-20-30-28-13-6-4-11-26(28)27-12-5-7-14-29(27)30/h4-14,19,22-24,30H,15-18,20H2,1-3H3. The first kappa shape index (κ1) is 24.2. The summed E-state index contributed by atoms with van der Waals surface area (Å²) in [6.07, 6.45) is 3.15. The van der Waals surface area contributed by atoms with Crippen LogP contribution >= 0.6 is 0 Å². The summed E-state index contributed by atoms with van der Waals surface area (Å²) in [6, 6.07) is 25.3. The lowest BCUT2D eigenvalue weighted by Gasteiger charge is -2.38. The van der Waals surface area contributed by atoms with Gasteiger partial charge in [-0.15, -0.1) is 0 Å². The second-order valence-electron chi connectivity index (χ2n) is 12.0. The number of benzene rings is 3. The molecule has 3 aromatic rings. The lowest BCUT2D eigenvalue weighted by Crippen LogP contribution is -2.48. The fourth-order valence-corrected chi connectivity index (χ4v) is 7.92. The number of Topliss-reactive ketones (excluding diaryl/α,β-unsaturated/α-hetero) is 1. The Morgan fingerprint density at radius 3 is 2.03 bits per heavy atom. The molecule has 0 radical (unpaired) electrons. The Hall–Kier alpha value is -3.18. The molecule has 190 valence electrons. The highest BCUT2D eigenvalue weighted by Crippen LogP contribution is 2.45. The Labute approximate surface area is 220 Å². The lowest BCUT2D eigenvalue weighted by atomic mass is 9.85. The Morgan fingerprint density at radius 2 is 1.43 bits per heavy atom. The van der Waals surface area contributed by atoms with E-state index in [-0.39, 0.29) is 35.8 Å². The molecule has 0 aromatic heterocycles. The Balaban J connectivity index is 1.14. The van der Waals surface area contributed by atoms with E-state index in [1.807, 2.05) is 17.0 Å². The van der Waals surface area contributed by atoms with Crippen molar-refractivity contribution >= 4 is 25.1 Å². The van der Waals surface area contributed by atoms with E-state index in [0.717, 1.165) is 31.2 Å². The van der Waals surface area contributed by atoms with Gasteiger partial charge in [0.25, 0.3) is 0 Å². The summed E-state index contributed by atoms with van der Waals surface area (Å²) < 4.78 is 6.00. The molecule has 1 aliphatic carbocycles. The summed E-state index contributed by atoms with van der Waals surface area (Å²) in [7, 11) is -1.49. The monoisotopic (exact) mass is 509 g/mol. The average Bonchev–Trinajstić information content (AvgIpc) is 3.37. The number of fused-ring (bicyclic) bond motifs is 5. The highest BCUT2D eigenvalue weighted by atomic mass is 28.3. The molecule has 3 aliphatic rings. The molecule has 0 N–H and O–H groups in total. The van der Waals surface area contributed by atoms with Gasteiger partial charge in [0, 0.05) is 29.5 Å². The number of carbonyl (C=O) groups excluding carboxylic acids is 2. The fraction of sp³-hybridized carbons (Fsp3) is 0.375. The summed E-state index contributed by atoms with van der Waals surface area (Å²) in [5, 5.41) is 1.32. The van der Waals surface area contributed by atoms with Gasteiger partial charge in [-0.2, -0.15) is 0 Å². The Morgan fingerprint density at radius 1 is 0.838 bits per heavy atom. The molecule has 0 spiro atoms. The number of hydrogen-bond donors (Lipinski definition) is 0. The molecule has 2 atom stereocenters. The van der Waals surface area contributed by atoms with Gasteiger partial charge in [0.15, 0.2) is 5.78 Å². The summed E-state index contributed by atoms with van der Waals surface area (Å²) in [5.41, 5.74) is 5.75. The van der Waals surface area contributed by atoms with Gasteiger partial charge in [-0.25, -0.2) is 4.79 Å². The molecule has 2 aliphatic heterocycles. The number of ketones is 1. The zero-order valence-electron chi connectivity index (χ0n) is 21.9. The Bertz CT molecular complexity index is 1300. The second kappa shape index (κ2) is 9.28. The zero-order chi connectivity index (χ0) is 25.7. The molecule has 2 saturated heterocycles. The van der Waals surface area contributed by atoms with E-state index in [2.05, 4.69) is 80.3 Å². The molecule has 6 rings (SSSR count). The first-order chi connectivity index (χ1) is 17.8. The molecule has 4 nitrogen and oxygen atoms in total. The van der Waals surface area contributed by atoms with Gasteiger partial charge in [-0.1, -0.05) is 97.6 Å². The normalized spacial score (nSPS) is 22.5. The van der Waals surface area contributed by atoms with E-state index in [9.17, 15) is 9.59 Å². The van der Waals surface area contributed by atoms with Crippen molar-refractivity contribution in [3.8, 4) is 11.1 Å². The predicted octanol–water partition coefficient (Wildman–Crippen LogP) is 6.61. The van der Waals surface area contributed by atoms with Crippen LogP contribution in [0.15, 0.2) is 72.8 Å². The largest absolute Gasteiger partial charge is 0.448 e. The minimum absolute atomic E-state index is 0.0213. The molecular weight excluding hydrogens is 474 g/mol. The Kier molecular flexibility index (Phi) is 6.07. The maximum atomic E-state index is 13.5. The smallest absolute Gasteiger partial charge is 0.410 e. The van der Waals surface area contributed by atoms with Gasteiger partial charge in [0.1, 0.15) is 6.61 Å². The molecular formula is C32H35NO3Si. The molecule has 2 fully saturated rings. The third-order valence-electron chi connectivity index (χ3n) is 8.66. The fourth-order valence-electron chi connectivity index (χ4n) is 6.73. The first-order valence-electron chi connectivity index (χ1n) is 13.6. The number of carbonyl (C=O) groups is 2. The molecule has 2 unspecified atom stereocenters. The van der Waals surface area contributed by atoms with Crippen LogP contribution in [0.2, 0.25) is 19.6 Å². The van der Waals surface area contributed by atoms with E-state index >= 15 is 0 Å². The van der Waals surface area contributed by atoms with Gasteiger partial charge in [0.05, 0.1) is 8.07 Å². The van der Waals surface area contributed by atoms with Crippen LogP contribution in [0, 0.1) is 5.92 Å². The SMILES string of the molecule is C[Si](C)(C)c1cccc(C(=O)C2CC3CCC(C2)N3C(=O)OCC2c3ccccc3-c3ccccc32)c1. The van der Waals surface area contributed by atoms with Crippen LogP contribution in [-0.4, -0.2) is 43.5 Å². The summed E-state index contributed by atoms with van der Waals surface area (Å²) in [4.78, 5) is 28.8. The van der Waals surface area contributed by atoms with Crippen LogP contribution in [-0.2, 0) is 4.74 Å². The topological polar surface area (TPSA) is 46.6 Å². The molecule has 2 heterocycles. The van der Waals surface area contributed by atoms with E-state index in [0.29, 0.717) is 6.61 Å². The maximum absolute atomic E-state index is 13.5. The molecule has 0 saturated carbocycles. The first-order valence-corrected chi connectivity index (χ1v) is 17.1. The second-order valence-corrected chi connectivity index (χ2v) is 17.0. The molecule has 2 bridgehead atoms. The minimum Gasteiger partial charge on any atom is -0.448 e. The van der Waals surface area contributed by atoms with Crippen LogP contribution in [0.4, 0.5) is 4.79 Å². The number of piperidine rings is 1. The zero-order valence-corrected chi connectivity index (χ0v) is 22.9. The van der Waals surface area contributed by atoms with Gasteiger partial charge in [-0.05, 0) is 47.9 Å². The lowest BCUT2D eigenvalue weighted by molar-refractivity contribution is 0.0506. The van der Waals surface area contributed by atoms with Gasteiger partial charge in [-0.3, -0.25) is 4.79 Å². The van der Waals surface area contributed by atoms with Crippen LogP contribution < -0.4 is 5.19 Å². The van der Waals surface area contributed by atoms with Crippen molar-refractivity contribution < 1.29 is 14.3 Å². The third kappa shape index (κ3) is 4.33. The van der Waals surface area contributed by atoms with E-state index < -0.39 is 8.07 Å². The van der Waals surface area contributed by atoms with E-state index in [1.54, 1.807) is 0 Å². The number of hydrogen-bond acceptors (Lipinski definition) is 3. The highest BCUT2D eigenvalue weighted by molar-refractivity contribution is 6.88. The average molecular weight is 510 g/mol. The van der Waals surface area contributed by atoms with Gasteiger partial charge < -0.3 is 9.64 Å². The van der Waals surface area contributed by atoms with Crippen molar-refractivity contribution in [2.45, 2.75) is 63.3 Å². The van der Waals surface area contributed by atoms with Crippen molar-refractivity contribution in [3.63, 3.8) is 0 Å². The summed E-state index contributed by atoms with van der Waals surface area (Å²) in [5.74, 6) is 0.281. The van der Waals surface area contributed by atoms with Crippen molar-refractivity contribution in [3.05, 3.63) is 89.5 Å². The van der Waals surface area contributed by atoms with Crippen molar-refractivity contribution in [2.75, 3.05) is 6.61 Å². The van der Waals surface area contributed by atoms with E-state index in [1.165, 1.54) is 27.4 Å². The predicted molar refractivity (Wildman–Crippen MR) is 150 cm³/mol. The van der Waals surface area contributed by atoms with Crippen molar-refractivity contribution in [1.82, 2.24) is 4.90 Å². The van der Waals surface area contributed by atoms with Gasteiger partial charge >= 0.3 is 6.09 Å². The molecule has 37 heavy (non-hydrogen) atoms. The van der Waals surface area contributed by atoms with Crippen LogP contribution in [0.1, 0.15) is 53.1 Å². The van der Waals surface area contributed by atoms with E-state index in [4.69, 9.17) is 4.74 Å². The number of amides is 1. The number of rotatable bonds is 5. The van der Waals surface area contributed by atoms with Crippen LogP contribution in [0.3, 0.4) is 0 Å². The summed E-state index contributed by atoms with van der Waals surface area (Å²) in [6.45, 7) is 7.27. The maximum Gasteiger partial charge on any atom is 0.410 e. The highest BCUT2D eigenvalue weighted by Gasteiger charge is 2.46. The van der Waals surface area contributed by atoms with Crippen LogP contribution in [0.25, 0.3) is 11.1 Å². The number of ether oxygens (including phenoxy) is 1. The minimum atomic E-state index is -1.49. The molecule has 5 heteroatoms. The number of nitrogens with zero attached hydrogens (tertiary/aromatic N) is 1. The molecule has 3 aromatic carbocycles. The quantitative estimate of drug-likeness (QED) is 0.287. The molecule has 1 amide bonds. The third-order valence-corrected chi connectivity index (χ3v) is 10.7. The summed E-state index contributed by atoms with van der Waals surface area (Å²) >= 11 is 0. The van der Waals surface area contributed by atoms with Crippen molar-refractivity contribution in [2.24, 2.45) is 5.92 Å². The van der Waals surface area contributed by atoms with Crippen molar-refractivity contribution in [1.29, 1.82) is 0 Å².